The summed E-state index contributed by atoms with van der Waals surface area (Å²) in [6, 6.07) is 0.741. The molecule has 0 aromatic carbocycles. The zero-order valence-electron chi connectivity index (χ0n) is 12.8. The van der Waals surface area contributed by atoms with Crippen LogP contribution >= 0.6 is 0 Å². The summed E-state index contributed by atoms with van der Waals surface area (Å²) >= 11 is 0. The van der Waals surface area contributed by atoms with Gasteiger partial charge in [-0.3, -0.25) is 0 Å². The Morgan fingerprint density at radius 1 is 0.889 bits per heavy atom. The molecule has 0 aliphatic heterocycles. The Kier molecular flexibility index (Phi) is 14.5. The average molecular weight is 253 g/mol. The van der Waals surface area contributed by atoms with E-state index >= 15 is 0 Å². The Balaban J connectivity index is 3.41. The van der Waals surface area contributed by atoms with Crippen LogP contribution in [0, 0.1) is 0 Å². The van der Waals surface area contributed by atoms with Crippen LogP contribution in [-0.4, -0.2) is 12.6 Å². The van der Waals surface area contributed by atoms with Crippen LogP contribution in [0.4, 0.5) is 0 Å². The molecule has 0 aliphatic rings. The summed E-state index contributed by atoms with van der Waals surface area (Å²) in [6.45, 7) is 9.40. The van der Waals surface area contributed by atoms with Crippen LogP contribution in [0.2, 0.25) is 0 Å². The molecule has 1 atom stereocenters. The molecule has 1 nitrogen and oxygen atoms in total. The minimum absolute atomic E-state index is 0.741. The fraction of sp³-hybridized carbons (Fsp3) is 0.882. The van der Waals surface area contributed by atoms with Gasteiger partial charge in [-0.1, -0.05) is 64.9 Å². The molecule has 18 heavy (non-hydrogen) atoms. The lowest BCUT2D eigenvalue weighted by molar-refractivity contribution is 0.430. The van der Waals surface area contributed by atoms with Gasteiger partial charge in [0.15, 0.2) is 0 Å². The highest BCUT2D eigenvalue weighted by atomic mass is 14.9. The third-order valence-corrected chi connectivity index (χ3v) is 3.61. The molecule has 0 amide bonds. The zero-order chi connectivity index (χ0) is 13.5. The van der Waals surface area contributed by atoms with Gasteiger partial charge in [0.2, 0.25) is 0 Å². The summed E-state index contributed by atoms with van der Waals surface area (Å²) in [5, 5.41) is 3.62. The van der Waals surface area contributed by atoms with E-state index in [1.807, 2.05) is 6.08 Å². The standard InChI is InChI=1S/C17H35N/c1-4-7-9-10-11-12-14-16-17(18-6-3)15-13-8-5-2/h5,17-18H,2,4,6-16H2,1,3H3. The summed E-state index contributed by atoms with van der Waals surface area (Å²) in [5.41, 5.74) is 0. The van der Waals surface area contributed by atoms with Gasteiger partial charge in [0.1, 0.15) is 0 Å². The first-order chi connectivity index (χ1) is 8.85. The Bertz CT molecular complexity index is 165. The van der Waals surface area contributed by atoms with Crippen LogP contribution in [0.3, 0.4) is 0 Å². The van der Waals surface area contributed by atoms with Crippen LogP contribution in [0.5, 0.6) is 0 Å². The minimum atomic E-state index is 0.741. The van der Waals surface area contributed by atoms with Gasteiger partial charge in [0, 0.05) is 6.04 Å². The van der Waals surface area contributed by atoms with Gasteiger partial charge in [0.25, 0.3) is 0 Å². The van der Waals surface area contributed by atoms with Gasteiger partial charge >= 0.3 is 0 Å². The van der Waals surface area contributed by atoms with Crippen LogP contribution < -0.4 is 5.32 Å². The normalized spacial score (nSPS) is 12.6. The highest BCUT2D eigenvalue weighted by Crippen LogP contribution is 2.12. The van der Waals surface area contributed by atoms with Crippen molar-refractivity contribution in [2.24, 2.45) is 0 Å². The largest absolute Gasteiger partial charge is 0.314 e. The molecule has 0 fully saturated rings. The molecule has 0 aromatic rings. The summed E-state index contributed by atoms with van der Waals surface area (Å²) in [6.07, 6.45) is 17.1. The Labute approximate surface area is 115 Å². The van der Waals surface area contributed by atoms with Gasteiger partial charge in [0.05, 0.1) is 0 Å². The first-order valence-electron chi connectivity index (χ1n) is 8.19. The van der Waals surface area contributed by atoms with Crippen LogP contribution in [0.25, 0.3) is 0 Å². The molecule has 108 valence electrons. The third-order valence-electron chi connectivity index (χ3n) is 3.61. The Hall–Kier alpha value is -0.300. The maximum absolute atomic E-state index is 3.79. The van der Waals surface area contributed by atoms with E-state index in [2.05, 4.69) is 25.7 Å². The van der Waals surface area contributed by atoms with Crippen molar-refractivity contribution in [1.82, 2.24) is 5.32 Å². The van der Waals surface area contributed by atoms with E-state index in [4.69, 9.17) is 0 Å². The number of hydrogen-bond donors (Lipinski definition) is 1. The first-order valence-corrected chi connectivity index (χ1v) is 8.19. The minimum Gasteiger partial charge on any atom is -0.314 e. The maximum Gasteiger partial charge on any atom is 0.00670 e. The number of nitrogens with one attached hydrogen (secondary N) is 1. The van der Waals surface area contributed by atoms with Crippen LogP contribution in [0.15, 0.2) is 12.7 Å². The molecule has 0 saturated carbocycles. The Morgan fingerprint density at radius 2 is 1.50 bits per heavy atom. The van der Waals surface area contributed by atoms with Crippen molar-refractivity contribution < 1.29 is 0 Å². The molecule has 0 saturated heterocycles. The van der Waals surface area contributed by atoms with Crippen LogP contribution in [-0.2, 0) is 0 Å². The molecule has 0 bridgehead atoms. The zero-order valence-corrected chi connectivity index (χ0v) is 12.8. The smallest absolute Gasteiger partial charge is 0.00670 e. The fourth-order valence-corrected chi connectivity index (χ4v) is 2.49. The van der Waals surface area contributed by atoms with E-state index in [1.165, 1.54) is 70.6 Å². The van der Waals surface area contributed by atoms with Crippen molar-refractivity contribution in [3.05, 3.63) is 12.7 Å². The van der Waals surface area contributed by atoms with Gasteiger partial charge in [-0.2, -0.15) is 0 Å². The van der Waals surface area contributed by atoms with Gasteiger partial charge in [-0.25, -0.2) is 0 Å². The molecule has 1 N–H and O–H groups in total. The number of allylic oxidation sites excluding steroid dienone is 1. The van der Waals surface area contributed by atoms with E-state index < -0.39 is 0 Å². The molecule has 0 spiro atoms. The lowest BCUT2D eigenvalue weighted by Gasteiger charge is -2.17. The highest BCUT2D eigenvalue weighted by molar-refractivity contribution is 4.71. The van der Waals surface area contributed by atoms with E-state index in [1.54, 1.807) is 0 Å². The lowest BCUT2D eigenvalue weighted by Crippen LogP contribution is -2.28. The summed E-state index contributed by atoms with van der Waals surface area (Å²) in [5.74, 6) is 0. The van der Waals surface area contributed by atoms with E-state index in [0.29, 0.717) is 0 Å². The van der Waals surface area contributed by atoms with Crippen molar-refractivity contribution in [2.75, 3.05) is 6.54 Å². The topological polar surface area (TPSA) is 12.0 Å². The average Bonchev–Trinajstić information content (AvgIpc) is 2.38. The molecule has 1 unspecified atom stereocenters. The predicted molar refractivity (Wildman–Crippen MR) is 84.1 cm³/mol. The maximum atomic E-state index is 3.79. The number of rotatable bonds is 14. The second-order valence-electron chi connectivity index (χ2n) is 5.38. The van der Waals surface area contributed by atoms with E-state index in [9.17, 15) is 0 Å². The van der Waals surface area contributed by atoms with Crippen LogP contribution in [0.1, 0.15) is 84.5 Å². The quantitative estimate of drug-likeness (QED) is 0.320. The second-order valence-corrected chi connectivity index (χ2v) is 5.38. The van der Waals surface area contributed by atoms with Crippen molar-refractivity contribution in [2.45, 2.75) is 90.5 Å². The third kappa shape index (κ3) is 12.2. The molecular weight excluding hydrogens is 218 g/mol. The lowest BCUT2D eigenvalue weighted by atomic mass is 10.0. The monoisotopic (exact) mass is 253 g/mol. The Morgan fingerprint density at radius 3 is 2.11 bits per heavy atom. The van der Waals surface area contributed by atoms with E-state index in [-0.39, 0.29) is 0 Å². The van der Waals surface area contributed by atoms with Crippen molar-refractivity contribution in [3.8, 4) is 0 Å². The summed E-state index contributed by atoms with van der Waals surface area (Å²) in [4.78, 5) is 0. The summed E-state index contributed by atoms with van der Waals surface area (Å²) < 4.78 is 0. The molecule has 0 aromatic heterocycles. The molecule has 0 rings (SSSR count). The first kappa shape index (κ1) is 17.7. The van der Waals surface area contributed by atoms with Crippen molar-refractivity contribution in [1.29, 1.82) is 0 Å². The molecule has 0 heterocycles. The van der Waals surface area contributed by atoms with Crippen molar-refractivity contribution >= 4 is 0 Å². The number of hydrogen-bond acceptors (Lipinski definition) is 1. The SMILES string of the molecule is C=CCCCC(CCCCCCCCC)NCC. The highest BCUT2D eigenvalue weighted by Gasteiger charge is 2.05. The second kappa shape index (κ2) is 14.8. The summed E-state index contributed by atoms with van der Waals surface area (Å²) in [7, 11) is 0. The fourth-order valence-electron chi connectivity index (χ4n) is 2.49. The van der Waals surface area contributed by atoms with Gasteiger partial charge in [-0.15, -0.1) is 6.58 Å². The molecule has 0 aliphatic carbocycles. The van der Waals surface area contributed by atoms with Crippen molar-refractivity contribution in [3.63, 3.8) is 0 Å². The van der Waals surface area contributed by atoms with Gasteiger partial charge in [-0.05, 0) is 32.2 Å². The molecule has 0 radical (unpaired) electrons. The molecular formula is C17H35N. The molecule has 1 heteroatoms. The predicted octanol–water partition coefficient (Wildman–Crippen LogP) is 5.46. The van der Waals surface area contributed by atoms with Gasteiger partial charge < -0.3 is 5.32 Å². The number of unbranched alkanes of at least 4 members (excludes halogenated alkanes) is 7. The van der Waals surface area contributed by atoms with E-state index in [0.717, 1.165) is 12.6 Å².